The zero-order chi connectivity index (χ0) is 14.3. The van der Waals surface area contributed by atoms with E-state index in [4.69, 9.17) is 11.6 Å². The molecule has 2 nitrogen and oxygen atoms in total. The Morgan fingerprint density at radius 3 is 2.80 bits per heavy atom. The minimum absolute atomic E-state index is 0.257. The number of nitrogens with zero attached hydrogens (tertiary/aromatic N) is 2. The van der Waals surface area contributed by atoms with Crippen molar-refractivity contribution in [3.8, 4) is 0 Å². The summed E-state index contributed by atoms with van der Waals surface area (Å²) in [5.74, 6) is 1.36. The number of rotatable bonds is 3. The molecule has 5 heteroatoms. The summed E-state index contributed by atoms with van der Waals surface area (Å²) >= 11 is 10.2. The van der Waals surface area contributed by atoms with Crippen molar-refractivity contribution in [1.29, 1.82) is 0 Å². The van der Waals surface area contributed by atoms with Gasteiger partial charge in [-0.1, -0.05) is 0 Å². The van der Waals surface area contributed by atoms with Crippen LogP contribution in [0.25, 0.3) is 11.0 Å². The van der Waals surface area contributed by atoms with Gasteiger partial charge < -0.3 is 4.57 Å². The van der Waals surface area contributed by atoms with E-state index in [1.54, 1.807) is 0 Å². The number of aromatic nitrogens is 2. The van der Waals surface area contributed by atoms with Crippen LogP contribution in [0.2, 0.25) is 0 Å². The van der Waals surface area contributed by atoms with E-state index in [9.17, 15) is 0 Å². The molecule has 1 unspecified atom stereocenters. The van der Waals surface area contributed by atoms with Crippen LogP contribution < -0.4 is 0 Å². The van der Waals surface area contributed by atoms with Gasteiger partial charge in [-0.05, 0) is 66.8 Å². The van der Waals surface area contributed by atoms with Crippen LogP contribution in [0.3, 0.4) is 0 Å². The van der Waals surface area contributed by atoms with Gasteiger partial charge in [0, 0.05) is 13.3 Å². The molecule has 0 aliphatic carbocycles. The highest BCUT2D eigenvalue weighted by Crippen LogP contribution is 2.31. The lowest BCUT2D eigenvalue weighted by molar-refractivity contribution is 0.644. The van der Waals surface area contributed by atoms with Crippen molar-refractivity contribution in [3.63, 3.8) is 0 Å². The fraction of sp³-hybridized carbons (Fsp3) is 0.267. The first-order valence-electron chi connectivity index (χ1n) is 6.39. The first-order valence-corrected chi connectivity index (χ1v) is 8.82. The zero-order valence-corrected chi connectivity index (χ0v) is 15.0. The molecule has 1 atom stereocenters. The van der Waals surface area contributed by atoms with Gasteiger partial charge >= 0.3 is 0 Å². The van der Waals surface area contributed by atoms with Crippen molar-refractivity contribution < 1.29 is 0 Å². The van der Waals surface area contributed by atoms with Crippen LogP contribution in [0.1, 0.15) is 28.5 Å². The highest BCUT2D eigenvalue weighted by atomic mass is 127. The lowest BCUT2D eigenvalue weighted by atomic mass is 10.2. The highest BCUT2D eigenvalue weighted by Gasteiger charge is 2.18. The Balaban J connectivity index is 2.18. The fourth-order valence-electron chi connectivity index (χ4n) is 2.45. The van der Waals surface area contributed by atoms with Crippen LogP contribution in [-0.2, 0) is 5.88 Å². The van der Waals surface area contributed by atoms with Crippen molar-refractivity contribution in [2.45, 2.75) is 25.8 Å². The number of thiophene rings is 1. The van der Waals surface area contributed by atoms with E-state index in [2.05, 4.69) is 76.3 Å². The monoisotopic (exact) mass is 416 g/mol. The summed E-state index contributed by atoms with van der Waals surface area (Å²) in [6, 6.07) is 11.0. The summed E-state index contributed by atoms with van der Waals surface area (Å²) in [6.07, 6.45) is 0. The van der Waals surface area contributed by atoms with E-state index in [0.717, 1.165) is 16.9 Å². The number of alkyl halides is 1. The fourth-order valence-corrected chi connectivity index (χ4v) is 4.04. The maximum absolute atomic E-state index is 6.10. The average Bonchev–Trinajstić information content (AvgIpc) is 3.00. The molecule has 0 radical (unpaired) electrons. The summed E-state index contributed by atoms with van der Waals surface area (Å²) in [5, 5.41) is 0. The van der Waals surface area contributed by atoms with Gasteiger partial charge in [0.2, 0.25) is 0 Å². The summed E-state index contributed by atoms with van der Waals surface area (Å²) in [5.41, 5.74) is 2.17. The largest absolute Gasteiger partial charge is 0.319 e. The van der Waals surface area contributed by atoms with Crippen molar-refractivity contribution in [3.05, 3.63) is 49.5 Å². The first kappa shape index (κ1) is 14.4. The number of halogens is 2. The molecule has 2 aromatic heterocycles. The maximum Gasteiger partial charge on any atom is 0.125 e. The smallest absolute Gasteiger partial charge is 0.125 e. The van der Waals surface area contributed by atoms with Gasteiger partial charge in [0.25, 0.3) is 0 Å². The van der Waals surface area contributed by atoms with Crippen molar-refractivity contribution in [1.82, 2.24) is 9.55 Å². The molecule has 2 heterocycles. The molecule has 20 heavy (non-hydrogen) atoms. The number of imidazole rings is 1. The zero-order valence-electron chi connectivity index (χ0n) is 11.2. The molecular weight excluding hydrogens is 403 g/mol. The van der Waals surface area contributed by atoms with Crippen molar-refractivity contribution >= 4 is 56.6 Å². The van der Waals surface area contributed by atoms with Crippen LogP contribution in [0.15, 0.2) is 30.3 Å². The average molecular weight is 417 g/mol. The minimum Gasteiger partial charge on any atom is -0.319 e. The van der Waals surface area contributed by atoms with Gasteiger partial charge in [0.1, 0.15) is 5.82 Å². The summed E-state index contributed by atoms with van der Waals surface area (Å²) in [6.45, 7) is 4.35. The van der Waals surface area contributed by atoms with E-state index in [1.807, 2.05) is 11.3 Å². The lowest BCUT2D eigenvalue weighted by Gasteiger charge is -2.15. The van der Waals surface area contributed by atoms with Gasteiger partial charge in [-0.15, -0.1) is 22.9 Å². The quantitative estimate of drug-likeness (QED) is 0.415. The molecule has 0 bridgehead atoms. The molecule has 3 aromatic rings. The Hall–Kier alpha value is -0.590. The number of hydrogen-bond acceptors (Lipinski definition) is 2. The molecule has 0 saturated carbocycles. The van der Waals surface area contributed by atoms with Crippen molar-refractivity contribution in [2.75, 3.05) is 0 Å². The van der Waals surface area contributed by atoms with Crippen LogP contribution >= 0.6 is 45.5 Å². The lowest BCUT2D eigenvalue weighted by Crippen LogP contribution is -2.08. The topological polar surface area (TPSA) is 17.8 Å². The molecule has 1 aromatic carbocycles. The van der Waals surface area contributed by atoms with Crippen LogP contribution in [0, 0.1) is 10.5 Å². The molecule has 0 N–H and O–H groups in total. The van der Waals surface area contributed by atoms with Crippen LogP contribution in [0.5, 0.6) is 0 Å². The second-order valence-corrected chi connectivity index (χ2v) is 7.62. The third-order valence-corrected chi connectivity index (χ3v) is 5.49. The summed E-state index contributed by atoms with van der Waals surface area (Å²) in [4.78, 5) is 7.35. The maximum atomic E-state index is 6.10. The Morgan fingerprint density at radius 2 is 2.15 bits per heavy atom. The van der Waals surface area contributed by atoms with E-state index < -0.39 is 0 Å². The highest BCUT2D eigenvalue weighted by molar-refractivity contribution is 14.1. The van der Waals surface area contributed by atoms with Gasteiger partial charge in [-0.3, -0.25) is 0 Å². The van der Waals surface area contributed by atoms with E-state index in [1.165, 1.54) is 13.3 Å². The number of hydrogen-bond donors (Lipinski definition) is 0. The molecule has 3 rings (SSSR count). The normalized spacial score (nSPS) is 13.0. The van der Waals surface area contributed by atoms with Gasteiger partial charge in [-0.2, -0.15) is 0 Å². The first-order chi connectivity index (χ1) is 9.60. The minimum atomic E-state index is 0.257. The van der Waals surface area contributed by atoms with Crippen molar-refractivity contribution in [2.24, 2.45) is 0 Å². The molecule has 104 valence electrons. The van der Waals surface area contributed by atoms with Gasteiger partial charge in [0.15, 0.2) is 0 Å². The molecule has 0 saturated heterocycles. The van der Waals surface area contributed by atoms with Gasteiger partial charge in [0.05, 0.1) is 23.0 Å². The van der Waals surface area contributed by atoms with Gasteiger partial charge in [-0.25, -0.2) is 4.98 Å². The third kappa shape index (κ3) is 2.49. The standard InChI is InChI=1S/C15H14ClIN2S/c1-9-3-6-14(20-9)10(2)19-13-5-4-11(17)7-12(13)18-15(19)8-16/h3-7,10H,8H2,1-2H3. The Kier molecular flexibility index (Phi) is 4.06. The third-order valence-electron chi connectivity index (χ3n) is 3.40. The predicted molar refractivity (Wildman–Crippen MR) is 94.9 cm³/mol. The Bertz CT molecular complexity index is 762. The number of aryl methyl sites for hydroxylation is 1. The Labute approximate surface area is 140 Å². The number of fused-ring (bicyclic) bond motifs is 1. The molecule has 0 fully saturated rings. The second kappa shape index (κ2) is 5.66. The SMILES string of the molecule is Cc1ccc(C(C)n2c(CCl)nc3cc(I)ccc32)s1. The van der Waals surface area contributed by atoms with E-state index in [0.29, 0.717) is 5.88 Å². The van der Waals surface area contributed by atoms with E-state index in [-0.39, 0.29) is 6.04 Å². The van der Waals surface area contributed by atoms with Crippen LogP contribution in [-0.4, -0.2) is 9.55 Å². The molecular formula is C15H14ClIN2S. The molecule has 0 aliphatic heterocycles. The number of benzene rings is 1. The Morgan fingerprint density at radius 1 is 1.35 bits per heavy atom. The molecule has 0 amide bonds. The molecule has 0 aliphatic rings. The molecule has 0 spiro atoms. The summed E-state index contributed by atoms with van der Waals surface area (Å²) < 4.78 is 3.45. The second-order valence-electron chi connectivity index (χ2n) is 4.79. The van der Waals surface area contributed by atoms with E-state index >= 15 is 0 Å². The predicted octanol–water partition coefficient (Wildman–Crippen LogP) is 5.36. The summed E-state index contributed by atoms with van der Waals surface area (Å²) in [7, 11) is 0. The van der Waals surface area contributed by atoms with Crippen LogP contribution in [0.4, 0.5) is 0 Å².